The van der Waals surface area contributed by atoms with Crippen molar-refractivity contribution in [2.24, 2.45) is 0 Å². The van der Waals surface area contributed by atoms with Gasteiger partial charge in [-0.05, 0) is 36.4 Å². The van der Waals surface area contributed by atoms with Gasteiger partial charge in [-0.3, -0.25) is 14.9 Å². The fourth-order valence-corrected chi connectivity index (χ4v) is 1.74. The lowest BCUT2D eigenvalue weighted by Crippen LogP contribution is -2.13. The summed E-state index contributed by atoms with van der Waals surface area (Å²) >= 11 is 0. The molecule has 9 heteroatoms. The summed E-state index contributed by atoms with van der Waals surface area (Å²) in [4.78, 5) is 21.5. The Hall–Kier alpha value is -2.97. The molecule has 1 N–H and O–H groups in total. The van der Waals surface area contributed by atoms with Gasteiger partial charge in [0, 0.05) is 17.3 Å². The Balaban J connectivity index is 2.19. The van der Waals surface area contributed by atoms with Gasteiger partial charge in [0.15, 0.2) is 0 Å². The Morgan fingerprint density at radius 3 is 2.22 bits per heavy atom. The van der Waals surface area contributed by atoms with Crippen LogP contribution in [0.1, 0.15) is 15.9 Å². The van der Waals surface area contributed by atoms with Gasteiger partial charge in [0.2, 0.25) is 5.82 Å². The van der Waals surface area contributed by atoms with E-state index in [1.54, 1.807) is 0 Å². The van der Waals surface area contributed by atoms with Crippen LogP contribution in [0.5, 0.6) is 0 Å². The third kappa shape index (κ3) is 3.82. The molecular weight excluding hydrogens is 320 g/mol. The predicted molar refractivity (Wildman–Crippen MR) is 72.5 cm³/mol. The summed E-state index contributed by atoms with van der Waals surface area (Å²) in [5.74, 6) is -1.85. The van der Waals surface area contributed by atoms with Crippen LogP contribution in [0.3, 0.4) is 0 Å². The molecule has 0 spiro atoms. The Morgan fingerprint density at radius 1 is 1.09 bits per heavy atom. The van der Waals surface area contributed by atoms with Crippen molar-refractivity contribution < 1.29 is 27.3 Å². The van der Waals surface area contributed by atoms with Gasteiger partial charge in [0.05, 0.1) is 10.5 Å². The minimum absolute atomic E-state index is 0.0528. The average molecular weight is 328 g/mol. The lowest BCUT2D eigenvalue weighted by molar-refractivity contribution is -0.387. The number of nitrogens with zero attached hydrogens (tertiary/aromatic N) is 1. The normalized spacial score (nSPS) is 11.1. The molecular formula is C14H8F4N2O3. The maximum absolute atomic E-state index is 13.2. The van der Waals surface area contributed by atoms with Gasteiger partial charge in [-0.1, -0.05) is 0 Å². The fraction of sp³-hybridized carbons (Fsp3) is 0.0714. The number of nitro groups is 1. The second kappa shape index (κ2) is 6.03. The summed E-state index contributed by atoms with van der Waals surface area (Å²) in [5, 5.41) is 12.9. The highest BCUT2D eigenvalue weighted by molar-refractivity contribution is 6.04. The molecule has 0 aliphatic rings. The van der Waals surface area contributed by atoms with Crippen LogP contribution in [0.4, 0.5) is 28.9 Å². The van der Waals surface area contributed by atoms with E-state index in [1.807, 2.05) is 0 Å². The van der Waals surface area contributed by atoms with E-state index in [4.69, 9.17) is 0 Å². The summed E-state index contributed by atoms with van der Waals surface area (Å²) in [6.07, 6.45) is -4.52. The molecule has 2 aromatic rings. The SMILES string of the molecule is O=C(Nc1ccc(F)c([N+](=O)[O-])c1)c1ccc(C(F)(F)F)cc1. The molecule has 0 aliphatic heterocycles. The van der Waals surface area contributed by atoms with E-state index in [9.17, 15) is 32.5 Å². The Bertz CT molecular complexity index is 758. The van der Waals surface area contributed by atoms with Crippen LogP contribution in [0.2, 0.25) is 0 Å². The maximum atomic E-state index is 13.2. The molecule has 120 valence electrons. The monoisotopic (exact) mass is 328 g/mol. The zero-order valence-electron chi connectivity index (χ0n) is 11.2. The van der Waals surface area contributed by atoms with E-state index in [-0.39, 0.29) is 11.3 Å². The number of anilines is 1. The van der Waals surface area contributed by atoms with Gasteiger partial charge in [-0.15, -0.1) is 0 Å². The number of hydrogen-bond acceptors (Lipinski definition) is 3. The second-order valence-corrected chi connectivity index (χ2v) is 4.45. The lowest BCUT2D eigenvalue weighted by Gasteiger charge is -2.08. The van der Waals surface area contributed by atoms with Gasteiger partial charge in [-0.25, -0.2) is 0 Å². The first-order valence-electron chi connectivity index (χ1n) is 6.11. The smallest absolute Gasteiger partial charge is 0.322 e. The first-order valence-corrected chi connectivity index (χ1v) is 6.11. The van der Waals surface area contributed by atoms with Crippen molar-refractivity contribution in [1.29, 1.82) is 0 Å². The summed E-state index contributed by atoms with van der Waals surface area (Å²) in [6.45, 7) is 0. The van der Waals surface area contributed by atoms with E-state index in [0.29, 0.717) is 0 Å². The number of hydrogen-bond donors (Lipinski definition) is 1. The molecule has 0 atom stereocenters. The minimum atomic E-state index is -4.52. The van der Waals surface area contributed by atoms with Crippen molar-refractivity contribution in [3.8, 4) is 0 Å². The van der Waals surface area contributed by atoms with Crippen LogP contribution in [0, 0.1) is 15.9 Å². The van der Waals surface area contributed by atoms with E-state index >= 15 is 0 Å². The largest absolute Gasteiger partial charge is 0.416 e. The quantitative estimate of drug-likeness (QED) is 0.526. The Morgan fingerprint density at radius 2 is 1.70 bits per heavy atom. The summed E-state index contributed by atoms with van der Waals surface area (Å²) in [6, 6.07) is 6.14. The maximum Gasteiger partial charge on any atom is 0.416 e. The van der Waals surface area contributed by atoms with Gasteiger partial charge >= 0.3 is 11.9 Å². The molecule has 0 radical (unpaired) electrons. The molecule has 0 bridgehead atoms. The second-order valence-electron chi connectivity index (χ2n) is 4.45. The molecule has 2 aromatic carbocycles. The Kier molecular flexibility index (Phi) is 4.30. The average Bonchev–Trinajstić information content (AvgIpc) is 2.48. The van der Waals surface area contributed by atoms with Gasteiger partial charge in [-0.2, -0.15) is 17.6 Å². The van der Waals surface area contributed by atoms with Crippen molar-refractivity contribution >= 4 is 17.3 Å². The first-order chi connectivity index (χ1) is 10.7. The van der Waals surface area contributed by atoms with Crippen molar-refractivity contribution in [1.82, 2.24) is 0 Å². The highest BCUT2D eigenvalue weighted by Crippen LogP contribution is 2.29. The number of nitro benzene ring substituents is 1. The predicted octanol–water partition coefficient (Wildman–Crippen LogP) is 4.01. The zero-order chi connectivity index (χ0) is 17.2. The standard InChI is InChI=1S/C14H8F4N2O3/c15-11-6-5-10(7-12(11)20(22)23)19-13(21)8-1-3-9(4-2-8)14(16,17)18/h1-7H,(H,19,21). The van der Waals surface area contributed by atoms with Crippen LogP contribution < -0.4 is 5.32 Å². The zero-order valence-corrected chi connectivity index (χ0v) is 11.2. The van der Waals surface area contributed by atoms with Crippen LogP contribution >= 0.6 is 0 Å². The van der Waals surface area contributed by atoms with Crippen LogP contribution in [0.25, 0.3) is 0 Å². The summed E-state index contributed by atoms with van der Waals surface area (Å²) in [5.41, 5.74) is -1.87. The minimum Gasteiger partial charge on any atom is -0.322 e. The molecule has 23 heavy (non-hydrogen) atoms. The Labute approximate surface area is 126 Å². The van der Waals surface area contributed by atoms with Gasteiger partial charge in [0.25, 0.3) is 5.91 Å². The highest BCUT2D eigenvalue weighted by atomic mass is 19.4. The van der Waals surface area contributed by atoms with E-state index in [0.717, 1.165) is 42.5 Å². The number of halogens is 4. The number of carbonyl (C=O) groups excluding carboxylic acids is 1. The molecule has 0 aliphatic carbocycles. The highest BCUT2D eigenvalue weighted by Gasteiger charge is 2.30. The third-order valence-corrected chi connectivity index (χ3v) is 2.88. The lowest BCUT2D eigenvalue weighted by atomic mass is 10.1. The van der Waals surface area contributed by atoms with Crippen molar-refractivity contribution in [3.05, 3.63) is 69.5 Å². The molecule has 5 nitrogen and oxygen atoms in total. The molecule has 0 fully saturated rings. The molecule has 0 heterocycles. The number of benzene rings is 2. The van der Waals surface area contributed by atoms with Crippen LogP contribution in [-0.2, 0) is 6.18 Å². The van der Waals surface area contributed by atoms with E-state index in [1.165, 1.54) is 0 Å². The number of alkyl halides is 3. The number of carbonyl (C=O) groups is 1. The number of nitrogens with one attached hydrogen (secondary N) is 1. The molecule has 2 rings (SSSR count). The molecule has 0 saturated heterocycles. The topological polar surface area (TPSA) is 72.2 Å². The van der Waals surface area contributed by atoms with Crippen molar-refractivity contribution in [3.63, 3.8) is 0 Å². The fourth-order valence-electron chi connectivity index (χ4n) is 1.74. The van der Waals surface area contributed by atoms with Crippen LogP contribution in [-0.4, -0.2) is 10.8 Å². The van der Waals surface area contributed by atoms with Crippen molar-refractivity contribution in [2.45, 2.75) is 6.18 Å². The number of rotatable bonds is 3. The van der Waals surface area contributed by atoms with Gasteiger partial charge in [0.1, 0.15) is 0 Å². The van der Waals surface area contributed by atoms with Crippen LogP contribution in [0.15, 0.2) is 42.5 Å². The summed E-state index contributed by atoms with van der Waals surface area (Å²) < 4.78 is 50.5. The molecule has 0 saturated carbocycles. The third-order valence-electron chi connectivity index (χ3n) is 2.88. The number of amides is 1. The summed E-state index contributed by atoms with van der Waals surface area (Å²) in [7, 11) is 0. The van der Waals surface area contributed by atoms with Gasteiger partial charge < -0.3 is 5.32 Å². The molecule has 0 aromatic heterocycles. The van der Waals surface area contributed by atoms with E-state index in [2.05, 4.69) is 5.32 Å². The van der Waals surface area contributed by atoms with Crippen molar-refractivity contribution in [2.75, 3.05) is 5.32 Å². The molecule has 1 amide bonds. The first kappa shape index (κ1) is 16.4. The molecule has 0 unspecified atom stereocenters. The van der Waals surface area contributed by atoms with E-state index < -0.39 is 34.1 Å².